The molecule has 0 aliphatic rings. The van der Waals surface area contributed by atoms with Gasteiger partial charge in [0.05, 0.1) is 18.4 Å². The third-order valence-corrected chi connectivity index (χ3v) is 4.10. The first-order valence-electron chi connectivity index (χ1n) is 5.43. The van der Waals surface area contributed by atoms with Gasteiger partial charge in [-0.3, -0.25) is 0 Å². The SMILES string of the molecule is COC(=O)c1ccc(N)c(OCc2cc(Br)cs2)c1. The van der Waals surface area contributed by atoms with Crippen molar-refractivity contribution in [3.05, 3.63) is 44.6 Å². The van der Waals surface area contributed by atoms with Crippen LogP contribution in [0.2, 0.25) is 0 Å². The van der Waals surface area contributed by atoms with E-state index in [9.17, 15) is 4.79 Å². The molecule has 0 spiro atoms. The highest BCUT2D eigenvalue weighted by Gasteiger charge is 2.09. The zero-order chi connectivity index (χ0) is 13.8. The molecule has 0 unspecified atom stereocenters. The Balaban J connectivity index is 2.12. The van der Waals surface area contributed by atoms with Crippen molar-refractivity contribution >= 4 is 38.9 Å². The standard InChI is InChI=1S/C13H12BrNO3S/c1-17-13(16)8-2-3-11(15)12(4-8)18-6-10-5-9(14)7-19-10/h2-5,7H,6,15H2,1H3. The number of methoxy groups -OCH3 is 1. The molecule has 100 valence electrons. The summed E-state index contributed by atoms with van der Waals surface area (Å²) in [7, 11) is 1.34. The predicted octanol–water partition coefficient (Wildman–Crippen LogP) is 3.46. The number of rotatable bonds is 4. The molecule has 2 aromatic rings. The van der Waals surface area contributed by atoms with Crippen molar-refractivity contribution in [2.75, 3.05) is 12.8 Å². The van der Waals surface area contributed by atoms with E-state index in [1.807, 2.05) is 11.4 Å². The van der Waals surface area contributed by atoms with Crippen molar-refractivity contribution in [3.8, 4) is 5.75 Å². The molecule has 0 saturated carbocycles. The fourth-order valence-corrected chi connectivity index (χ4v) is 2.84. The first-order chi connectivity index (χ1) is 9.10. The van der Waals surface area contributed by atoms with Gasteiger partial charge in [0.2, 0.25) is 0 Å². The number of halogens is 1. The minimum atomic E-state index is -0.413. The van der Waals surface area contributed by atoms with Gasteiger partial charge in [0.15, 0.2) is 0 Å². The zero-order valence-electron chi connectivity index (χ0n) is 10.2. The maximum absolute atomic E-state index is 11.4. The molecule has 2 rings (SSSR count). The molecular weight excluding hydrogens is 330 g/mol. The van der Waals surface area contributed by atoms with Crippen LogP contribution < -0.4 is 10.5 Å². The number of carbonyl (C=O) groups is 1. The van der Waals surface area contributed by atoms with Gasteiger partial charge in [-0.2, -0.15) is 0 Å². The van der Waals surface area contributed by atoms with E-state index in [0.717, 1.165) is 9.35 Å². The van der Waals surface area contributed by atoms with E-state index >= 15 is 0 Å². The molecule has 0 bridgehead atoms. The molecule has 1 aromatic heterocycles. The lowest BCUT2D eigenvalue weighted by molar-refractivity contribution is 0.0600. The summed E-state index contributed by atoms with van der Waals surface area (Å²) in [4.78, 5) is 12.5. The second-order valence-electron chi connectivity index (χ2n) is 3.76. The average molecular weight is 342 g/mol. The highest BCUT2D eigenvalue weighted by Crippen LogP contribution is 2.26. The Hall–Kier alpha value is -1.53. The summed E-state index contributed by atoms with van der Waals surface area (Å²) in [5, 5.41) is 1.98. The summed E-state index contributed by atoms with van der Waals surface area (Å²) in [6.07, 6.45) is 0. The Bertz CT molecular complexity index is 597. The number of esters is 1. The van der Waals surface area contributed by atoms with Gasteiger partial charge in [0, 0.05) is 14.7 Å². The lowest BCUT2D eigenvalue weighted by atomic mass is 10.2. The first-order valence-corrected chi connectivity index (χ1v) is 7.11. The lowest BCUT2D eigenvalue weighted by Gasteiger charge is -2.09. The molecular formula is C13H12BrNO3S. The monoisotopic (exact) mass is 341 g/mol. The molecule has 0 fully saturated rings. The smallest absolute Gasteiger partial charge is 0.337 e. The predicted molar refractivity (Wildman–Crippen MR) is 78.5 cm³/mol. The average Bonchev–Trinajstić information content (AvgIpc) is 2.82. The van der Waals surface area contributed by atoms with Crippen molar-refractivity contribution in [2.45, 2.75) is 6.61 Å². The number of nitrogen functional groups attached to an aromatic ring is 1. The van der Waals surface area contributed by atoms with E-state index in [4.69, 9.17) is 10.5 Å². The van der Waals surface area contributed by atoms with E-state index in [-0.39, 0.29) is 0 Å². The Labute approximate surface area is 123 Å². The maximum atomic E-state index is 11.4. The number of anilines is 1. The Morgan fingerprint density at radius 3 is 2.84 bits per heavy atom. The van der Waals surface area contributed by atoms with Crippen molar-refractivity contribution in [3.63, 3.8) is 0 Å². The number of benzene rings is 1. The molecule has 19 heavy (non-hydrogen) atoms. The fraction of sp³-hybridized carbons (Fsp3) is 0.154. The van der Waals surface area contributed by atoms with Crippen molar-refractivity contribution in [1.29, 1.82) is 0 Å². The molecule has 1 heterocycles. The molecule has 2 N–H and O–H groups in total. The molecule has 6 heteroatoms. The lowest BCUT2D eigenvalue weighted by Crippen LogP contribution is -2.04. The normalized spacial score (nSPS) is 10.2. The fourth-order valence-electron chi connectivity index (χ4n) is 1.48. The Kier molecular flexibility index (Phi) is 4.44. The van der Waals surface area contributed by atoms with Crippen LogP contribution in [0.4, 0.5) is 5.69 Å². The molecule has 0 saturated heterocycles. The van der Waals surface area contributed by atoms with Crippen LogP contribution in [-0.2, 0) is 11.3 Å². The minimum absolute atomic E-state index is 0.408. The van der Waals surface area contributed by atoms with Crippen LogP contribution in [-0.4, -0.2) is 13.1 Å². The minimum Gasteiger partial charge on any atom is -0.486 e. The number of hydrogen-bond donors (Lipinski definition) is 1. The van der Waals surface area contributed by atoms with Crippen LogP contribution in [0.25, 0.3) is 0 Å². The van der Waals surface area contributed by atoms with Crippen molar-refractivity contribution in [1.82, 2.24) is 0 Å². The summed E-state index contributed by atoms with van der Waals surface area (Å²) < 4.78 is 11.3. The summed E-state index contributed by atoms with van der Waals surface area (Å²) in [6, 6.07) is 6.80. The van der Waals surface area contributed by atoms with Crippen molar-refractivity contribution < 1.29 is 14.3 Å². The van der Waals surface area contributed by atoms with E-state index in [1.165, 1.54) is 7.11 Å². The van der Waals surface area contributed by atoms with E-state index < -0.39 is 5.97 Å². The highest BCUT2D eigenvalue weighted by atomic mass is 79.9. The van der Waals surface area contributed by atoms with Crippen LogP contribution in [0.1, 0.15) is 15.2 Å². The van der Waals surface area contributed by atoms with Gasteiger partial charge >= 0.3 is 5.97 Å². The van der Waals surface area contributed by atoms with E-state index in [0.29, 0.717) is 23.6 Å². The number of carbonyl (C=O) groups excluding carboxylic acids is 1. The second-order valence-corrected chi connectivity index (χ2v) is 5.68. The quantitative estimate of drug-likeness (QED) is 0.683. The van der Waals surface area contributed by atoms with Crippen LogP contribution in [0, 0.1) is 0 Å². The summed E-state index contributed by atoms with van der Waals surface area (Å²) in [5.74, 6) is 0.0659. The van der Waals surface area contributed by atoms with Gasteiger partial charge in [-0.25, -0.2) is 4.79 Å². The molecule has 1 aromatic carbocycles. The number of nitrogens with two attached hydrogens (primary N) is 1. The van der Waals surface area contributed by atoms with E-state index in [2.05, 4.69) is 20.7 Å². The zero-order valence-corrected chi connectivity index (χ0v) is 12.6. The Morgan fingerprint density at radius 2 is 2.21 bits per heavy atom. The van der Waals surface area contributed by atoms with Gasteiger partial charge in [0.25, 0.3) is 0 Å². The maximum Gasteiger partial charge on any atom is 0.337 e. The second kappa shape index (κ2) is 6.08. The Morgan fingerprint density at radius 1 is 1.42 bits per heavy atom. The van der Waals surface area contributed by atoms with Crippen LogP contribution in [0.5, 0.6) is 5.75 Å². The third kappa shape index (κ3) is 3.48. The summed E-state index contributed by atoms with van der Waals surface area (Å²) in [5.41, 5.74) is 6.72. The van der Waals surface area contributed by atoms with Gasteiger partial charge in [-0.1, -0.05) is 0 Å². The first kappa shape index (κ1) is 13.9. The number of hydrogen-bond acceptors (Lipinski definition) is 5. The molecule has 4 nitrogen and oxygen atoms in total. The molecule has 0 aliphatic heterocycles. The van der Waals surface area contributed by atoms with Gasteiger partial charge in [-0.05, 0) is 40.2 Å². The van der Waals surface area contributed by atoms with E-state index in [1.54, 1.807) is 29.5 Å². The largest absolute Gasteiger partial charge is 0.486 e. The molecule has 0 amide bonds. The topological polar surface area (TPSA) is 61.5 Å². The van der Waals surface area contributed by atoms with Crippen molar-refractivity contribution in [2.24, 2.45) is 0 Å². The van der Waals surface area contributed by atoms with Gasteiger partial charge in [0.1, 0.15) is 12.4 Å². The van der Waals surface area contributed by atoms with Gasteiger partial charge < -0.3 is 15.2 Å². The molecule has 0 aliphatic carbocycles. The van der Waals surface area contributed by atoms with Crippen LogP contribution >= 0.6 is 27.3 Å². The summed E-state index contributed by atoms with van der Waals surface area (Å²) in [6.45, 7) is 0.408. The third-order valence-electron chi connectivity index (χ3n) is 2.43. The molecule has 0 radical (unpaired) electrons. The van der Waals surface area contributed by atoms with Gasteiger partial charge in [-0.15, -0.1) is 11.3 Å². The number of thiophene rings is 1. The van der Waals surface area contributed by atoms with Crippen LogP contribution in [0.15, 0.2) is 34.1 Å². The summed E-state index contributed by atoms with van der Waals surface area (Å²) >= 11 is 4.97. The van der Waals surface area contributed by atoms with Crippen LogP contribution in [0.3, 0.4) is 0 Å². The molecule has 0 atom stereocenters. The highest BCUT2D eigenvalue weighted by molar-refractivity contribution is 9.10. The number of ether oxygens (including phenoxy) is 2.